The summed E-state index contributed by atoms with van der Waals surface area (Å²) in [5, 5.41) is 31.4. The van der Waals surface area contributed by atoms with Gasteiger partial charge in [0.1, 0.15) is 0 Å². The van der Waals surface area contributed by atoms with Crippen LogP contribution in [0.25, 0.3) is 0 Å². The number of rotatable bonds is 0. The van der Waals surface area contributed by atoms with Gasteiger partial charge >= 0.3 is 0 Å². The van der Waals surface area contributed by atoms with Crippen LogP contribution >= 0.6 is 0 Å². The lowest BCUT2D eigenvalue weighted by Crippen LogP contribution is -2.51. The fraction of sp³-hybridized carbons (Fsp3) is 1.00. The van der Waals surface area contributed by atoms with E-state index in [0.717, 1.165) is 25.7 Å². The standard InChI is InChI=1S/C19H30O3/c1-18-7-6-14-12(13(18)4-5-16(18)21)3-2-10-8-11(20)9-15-17(22)19(10,14)15/h10-17,20-22H,2-9H2,1H3/t10-,11+,12-,13-,14-,15-,16-,17-,18-,19+/m0/s1. The second-order valence-electron chi connectivity index (χ2n) is 9.47. The third kappa shape index (κ3) is 1.45. The summed E-state index contributed by atoms with van der Waals surface area (Å²) in [6, 6.07) is 0. The molecule has 0 heterocycles. The highest BCUT2D eigenvalue weighted by atomic mass is 16.3. The van der Waals surface area contributed by atoms with Crippen molar-refractivity contribution in [2.24, 2.45) is 40.4 Å². The SMILES string of the molecule is C[C@]12CC[C@H]3[C@@H](CC[C@H]4C[C@@H](O)C[C@H]5[C@H](O)[C@]435)[C@@H]1CC[C@@H]2O. The van der Waals surface area contributed by atoms with E-state index < -0.39 is 0 Å². The van der Waals surface area contributed by atoms with Crippen molar-refractivity contribution in [3.05, 3.63) is 0 Å². The smallest absolute Gasteiger partial charge is 0.0641 e. The highest BCUT2D eigenvalue weighted by Gasteiger charge is 2.76. The van der Waals surface area contributed by atoms with Gasteiger partial charge in [-0.3, -0.25) is 0 Å². The molecule has 5 rings (SSSR count). The summed E-state index contributed by atoms with van der Waals surface area (Å²) in [5.41, 5.74) is 0.283. The number of aliphatic hydroxyl groups excluding tert-OH is 3. The average Bonchev–Trinajstić information content (AvgIpc) is 2.94. The molecular formula is C19H30O3. The molecule has 3 heteroatoms. The molecule has 3 nitrogen and oxygen atoms in total. The van der Waals surface area contributed by atoms with E-state index in [4.69, 9.17) is 0 Å². The number of aliphatic hydroxyl groups is 3. The van der Waals surface area contributed by atoms with Crippen LogP contribution in [0.15, 0.2) is 0 Å². The third-order valence-corrected chi connectivity index (χ3v) is 9.09. The van der Waals surface area contributed by atoms with E-state index in [9.17, 15) is 15.3 Å². The second kappa shape index (κ2) is 4.29. The quantitative estimate of drug-likeness (QED) is 0.644. The van der Waals surface area contributed by atoms with Gasteiger partial charge in [-0.25, -0.2) is 0 Å². The van der Waals surface area contributed by atoms with Crippen molar-refractivity contribution in [1.82, 2.24) is 0 Å². The fourth-order valence-corrected chi connectivity index (χ4v) is 8.12. The van der Waals surface area contributed by atoms with Crippen molar-refractivity contribution < 1.29 is 15.3 Å². The van der Waals surface area contributed by atoms with E-state index in [0.29, 0.717) is 29.6 Å². The monoisotopic (exact) mass is 306 g/mol. The Morgan fingerprint density at radius 3 is 2.45 bits per heavy atom. The largest absolute Gasteiger partial charge is 0.393 e. The molecule has 5 aliphatic carbocycles. The minimum atomic E-state index is -0.181. The predicted molar refractivity (Wildman–Crippen MR) is 82.9 cm³/mol. The van der Waals surface area contributed by atoms with E-state index in [-0.39, 0.29) is 29.1 Å². The summed E-state index contributed by atoms with van der Waals surface area (Å²) in [6.07, 6.45) is 8.23. The van der Waals surface area contributed by atoms with Gasteiger partial charge in [0, 0.05) is 5.41 Å². The summed E-state index contributed by atoms with van der Waals surface area (Å²) in [5.74, 6) is 2.94. The van der Waals surface area contributed by atoms with Gasteiger partial charge in [0.25, 0.3) is 0 Å². The van der Waals surface area contributed by atoms with E-state index >= 15 is 0 Å². The van der Waals surface area contributed by atoms with Crippen molar-refractivity contribution in [1.29, 1.82) is 0 Å². The zero-order chi connectivity index (χ0) is 15.3. The van der Waals surface area contributed by atoms with Gasteiger partial charge in [-0.2, -0.15) is 0 Å². The zero-order valence-corrected chi connectivity index (χ0v) is 13.6. The lowest BCUT2D eigenvalue weighted by atomic mass is 9.49. The summed E-state index contributed by atoms with van der Waals surface area (Å²) in [7, 11) is 0. The molecule has 0 aromatic rings. The van der Waals surface area contributed by atoms with Crippen LogP contribution in [0.1, 0.15) is 58.3 Å². The van der Waals surface area contributed by atoms with Crippen LogP contribution in [0, 0.1) is 40.4 Å². The maximum Gasteiger partial charge on any atom is 0.0641 e. The molecule has 5 aliphatic rings. The molecule has 124 valence electrons. The first kappa shape index (κ1) is 14.2. The zero-order valence-electron chi connectivity index (χ0n) is 13.6. The lowest BCUT2D eigenvalue weighted by Gasteiger charge is -2.56. The van der Waals surface area contributed by atoms with Crippen LogP contribution in [-0.4, -0.2) is 33.6 Å². The normalized spacial score (nSPS) is 66.0. The molecule has 22 heavy (non-hydrogen) atoms. The highest BCUT2D eigenvalue weighted by molar-refractivity contribution is 5.24. The van der Waals surface area contributed by atoms with Gasteiger partial charge < -0.3 is 15.3 Å². The maximum absolute atomic E-state index is 10.8. The van der Waals surface area contributed by atoms with Crippen LogP contribution in [0.3, 0.4) is 0 Å². The second-order valence-corrected chi connectivity index (χ2v) is 9.47. The first-order valence-electron chi connectivity index (χ1n) is 9.53. The topological polar surface area (TPSA) is 60.7 Å². The molecule has 5 saturated carbocycles. The fourth-order valence-electron chi connectivity index (χ4n) is 8.12. The molecule has 0 aromatic carbocycles. The Balaban J connectivity index is 1.50. The predicted octanol–water partition coefficient (Wildman–Crippen LogP) is 2.33. The number of hydrogen-bond donors (Lipinski definition) is 3. The third-order valence-electron chi connectivity index (χ3n) is 9.09. The molecule has 0 aliphatic heterocycles. The molecule has 1 spiro atoms. The van der Waals surface area contributed by atoms with Gasteiger partial charge in [-0.05, 0) is 86.4 Å². The first-order valence-corrected chi connectivity index (χ1v) is 9.53. The summed E-state index contributed by atoms with van der Waals surface area (Å²) < 4.78 is 0. The Kier molecular flexibility index (Phi) is 2.77. The van der Waals surface area contributed by atoms with Gasteiger partial charge in [0.05, 0.1) is 18.3 Å². The van der Waals surface area contributed by atoms with Gasteiger partial charge in [0.15, 0.2) is 0 Å². The molecule has 5 fully saturated rings. The molecule has 0 unspecified atom stereocenters. The highest BCUT2D eigenvalue weighted by Crippen LogP contribution is 2.76. The first-order chi connectivity index (χ1) is 10.5. The molecule has 0 radical (unpaired) electrons. The molecule has 0 saturated heterocycles. The Morgan fingerprint density at radius 2 is 1.64 bits per heavy atom. The molecular weight excluding hydrogens is 276 g/mol. The van der Waals surface area contributed by atoms with Gasteiger partial charge in [-0.15, -0.1) is 0 Å². The molecule has 3 N–H and O–H groups in total. The Bertz CT molecular complexity index is 493. The van der Waals surface area contributed by atoms with E-state index in [2.05, 4.69) is 6.92 Å². The number of hydrogen-bond acceptors (Lipinski definition) is 3. The maximum atomic E-state index is 10.8. The van der Waals surface area contributed by atoms with Crippen LogP contribution in [-0.2, 0) is 0 Å². The minimum absolute atomic E-state index is 0.109. The molecule has 10 atom stereocenters. The number of fused-ring (bicyclic) bond motifs is 3. The van der Waals surface area contributed by atoms with Crippen LogP contribution in [0.5, 0.6) is 0 Å². The van der Waals surface area contributed by atoms with E-state index in [1.807, 2.05) is 0 Å². The Labute approximate surface area is 133 Å². The van der Waals surface area contributed by atoms with Crippen LogP contribution in [0.4, 0.5) is 0 Å². The lowest BCUT2D eigenvalue weighted by molar-refractivity contribution is -0.108. The molecule has 0 bridgehead atoms. The Hall–Kier alpha value is -0.120. The van der Waals surface area contributed by atoms with Gasteiger partial charge in [-0.1, -0.05) is 6.92 Å². The summed E-state index contributed by atoms with van der Waals surface area (Å²) in [6.45, 7) is 2.32. The minimum Gasteiger partial charge on any atom is -0.393 e. The van der Waals surface area contributed by atoms with Crippen LogP contribution < -0.4 is 0 Å². The molecule has 0 aromatic heterocycles. The van der Waals surface area contributed by atoms with Gasteiger partial charge in [0.2, 0.25) is 0 Å². The molecule has 0 amide bonds. The summed E-state index contributed by atoms with van der Waals surface area (Å²) in [4.78, 5) is 0. The van der Waals surface area contributed by atoms with E-state index in [1.165, 1.54) is 25.7 Å². The van der Waals surface area contributed by atoms with Crippen molar-refractivity contribution in [2.45, 2.75) is 76.6 Å². The average molecular weight is 306 g/mol. The van der Waals surface area contributed by atoms with Crippen molar-refractivity contribution in [2.75, 3.05) is 0 Å². The summed E-state index contributed by atoms with van der Waals surface area (Å²) >= 11 is 0. The van der Waals surface area contributed by atoms with Crippen molar-refractivity contribution in [3.63, 3.8) is 0 Å². The van der Waals surface area contributed by atoms with E-state index in [1.54, 1.807) is 0 Å². The Morgan fingerprint density at radius 1 is 0.818 bits per heavy atom. The van der Waals surface area contributed by atoms with Crippen LogP contribution in [0.2, 0.25) is 0 Å². The van der Waals surface area contributed by atoms with Crippen molar-refractivity contribution >= 4 is 0 Å². The van der Waals surface area contributed by atoms with Crippen molar-refractivity contribution in [3.8, 4) is 0 Å².